The molecule has 2 aromatic heterocycles. The summed E-state index contributed by atoms with van der Waals surface area (Å²) in [6.45, 7) is 2.94. The number of halogens is 1. The molecule has 0 N–H and O–H groups in total. The topological polar surface area (TPSA) is 107 Å². The van der Waals surface area contributed by atoms with Crippen molar-refractivity contribution < 1.29 is 4.79 Å². The van der Waals surface area contributed by atoms with Gasteiger partial charge in [0.2, 0.25) is 11.9 Å². The number of nitriles is 1. The predicted molar refractivity (Wildman–Crippen MR) is 130 cm³/mol. The first-order chi connectivity index (χ1) is 16.9. The number of likely N-dealkylation sites (N-methyl/N-ethyl adjacent to an activating group) is 1. The minimum atomic E-state index is 0.0387. The highest BCUT2D eigenvalue weighted by Crippen LogP contribution is 2.34. The van der Waals surface area contributed by atoms with E-state index in [1.54, 1.807) is 31.3 Å². The lowest BCUT2D eigenvalue weighted by Crippen LogP contribution is -2.35. The van der Waals surface area contributed by atoms with Gasteiger partial charge >= 0.3 is 0 Å². The first-order valence-corrected chi connectivity index (χ1v) is 11.9. The normalized spacial score (nSPS) is 16.2. The van der Waals surface area contributed by atoms with Gasteiger partial charge in [-0.2, -0.15) is 5.26 Å². The Balaban J connectivity index is 1.42. The Kier molecular flexibility index (Phi) is 6.36. The van der Waals surface area contributed by atoms with E-state index in [0.29, 0.717) is 36.3 Å². The van der Waals surface area contributed by atoms with Gasteiger partial charge in [-0.3, -0.25) is 14.3 Å². The monoisotopic (exact) mass is 491 g/mol. The Bertz CT molecular complexity index is 1290. The number of fused-ring (bicyclic) bond motifs is 3. The number of hydrogen-bond acceptors (Lipinski definition) is 8. The van der Waals surface area contributed by atoms with Crippen molar-refractivity contribution in [2.45, 2.75) is 31.8 Å². The van der Waals surface area contributed by atoms with E-state index in [-0.39, 0.29) is 11.8 Å². The molecule has 0 aliphatic carbocycles. The molecule has 2 aliphatic heterocycles. The van der Waals surface area contributed by atoms with Gasteiger partial charge in [-0.1, -0.05) is 11.6 Å². The van der Waals surface area contributed by atoms with Gasteiger partial charge in [-0.15, -0.1) is 10.2 Å². The van der Waals surface area contributed by atoms with E-state index in [0.717, 1.165) is 48.8 Å². The lowest BCUT2D eigenvalue weighted by atomic mass is 9.95. The van der Waals surface area contributed by atoms with Crippen molar-refractivity contribution >= 4 is 23.5 Å². The third kappa shape index (κ3) is 4.70. The van der Waals surface area contributed by atoms with Gasteiger partial charge in [0.05, 0.1) is 18.8 Å². The summed E-state index contributed by atoms with van der Waals surface area (Å²) in [7, 11) is 3.53. The van der Waals surface area contributed by atoms with Gasteiger partial charge in [0.15, 0.2) is 5.82 Å². The Hall–Kier alpha value is -3.55. The molecule has 4 heterocycles. The average Bonchev–Trinajstić information content (AvgIpc) is 3.20. The molecule has 1 saturated heterocycles. The predicted octanol–water partition coefficient (Wildman–Crippen LogP) is 2.37. The van der Waals surface area contributed by atoms with Gasteiger partial charge < -0.3 is 9.80 Å². The van der Waals surface area contributed by atoms with E-state index in [1.807, 2.05) is 18.2 Å². The van der Waals surface area contributed by atoms with E-state index in [2.05, 4.69) is 40.6 Å². The van der Waals surface area contributed by atoms with Crippen LogP contribution in [0, 0.1) is 11.3 Å². The molecule has 1 aromatic carbocycles. The van der Waals surface area contributed by atoms with E-state index < -0.39 is 0 Å². The molecule has 0 atom stereocenters. The molecule has 0 saturated carbocycles. The SMILES string of the molecule is CN(C)C(=O)CN1Cc2cc(Cl)ccc2-n2c(nnc2C2CCN(c3nccc(C#N)n3)CC2)C1. The zero-order valence-corrected chi connectivity index (χ0v) is 20.5. The fourth-order valence-corrected chi connectivity index (χ4v) is 4.90. The number of aromatic nitrogens is 5. The van der Waals surface area contributed by atoms with Crippen LogP contribution in [0.5, 0.6) is 0 Å². The molecule has 0 radical (unpaired) electrons. The molecule has 11 heteroatoms. The summed E-state index contributed by atoms with van der Waals surface area (Å²) in [5.41, 5.74) is 2.42. The quantitative estimate of drug-likeness (QED) is 0.547. The first-order valence-electron chi connectivity index (χ1n) is 11.6. The van der Waals surface area contributed by atoms with Crippen LogP contribution in [-0.2, 0) is 17.9 Å². The standard InChI is InChI=1S/C24H26ClN9O/c1-31(2)22(35)15-32-13-17-11-18(25)3-4-20(17)34-21(14-32)29-30-23(34)16-6-9-33(10-7-16)24-27-8-5-19(12-26)28-24/h3-5,8,11,16H,6-7,9-10,13-15H2,1-2H3. The molecular formula is C24H26ClN9O. The van der Waals surface area contributed by atoms with Crippen LogP contribution in [0.2, 0.25) is 5.02 Å². The summed E-state index contributed by atoms with van der Waals surface area (Å²) >= 11 is 6.35. The van der Waals surface area contributed by atoms with E-state index in [9.17, 15) is 4.79 Å². The van der Waals surface area contributed by atoms with Crippen molar-refractivity contribution in [2.24, 2.45) is 0 Å². The average molecular weight is 492 g/mol. The highest BCUT2D eigenvalue weighted by Gasteiger charge is 2.31. The maximum atomic E-state index is 12.4. The number of piperidine rings is 1. The Morgan fingerprint density at radius 3 is 2.74 bits per heavy atom. The molecule has 0 bridgehead atoms. The second-order valence-corrected chi connectivity index (χ2v) is 9.57. The number of carbonyl (C=O) groups excluding carboxylic acids is 1. The molecule has 5 rings (SSSR count). The molecule has 0 unspecified atom stereocenters. The molecule has 1 amide bonds. The van der Waals surface area contributed by atoms with Crippen LogP contribution in [0.3, 0.4) is 0 Å². The van der Waals surface area contributed by atoms with Crippen molar-refractivity contribution in [3.63, 3.8) is 0 Å². The summed E-state index contributed by atoms with van der Waals surface area (Å²) in [6, 6.07) is 9.55. The van der Waals surface area contributed by atoms with E-state index in [1.165, 1.54) is 0 Å². The Labute approximate surface area is 208 Å². The third-order valence-electron chi connectivity index (χ3n) is 6.55. The largest absolute Gasteiger partial charge is 0.348 e. The fraction of sp³-hybridized carbons (Fsp3) is 0.417. The molecule has 1 fully saturated rings. The Morgan fingerprint density at radius 1 is 1.20 bits per heavy atom. The summed E-state index contributed by atoms with van der Waals surface area (Å²) in [4.78, 5) is 26.9. The van der Waals surface area contributed by atoms with E-state index >= 15 is 0 Å². The van der Waals surface area contributed by atoms with E-state index in [4.69, 9.17) is 16.9 Å². The summed E-state index contributed by atoms with van der Waals surface area (Å²) in [5, 5.41) is 19.0. The van der Waals surface area contributed by atoms with Gasteiger partial charge in [-0.25, -0.2) is 9.97 Å². The lowest BCUT2D eigenvalue weighted by Gasteiger charge is -2.31. The molecule has 0 spiro atoms. The van der Waals surface area contributed by atoms with Gasteiger partial charge in [0.25, 0.3) is 0 Å². The van der Waals surface area contributed by atoms with Crippen LogP contribution in [0.4, 0.5) is 5.95 Å². The maximum Gasteiger partial charge on any atom is 0.236 e. The van der Waals surface area contributed by atoms with Crippen molar-refractivity contribution in [3.05, 3.63) is 58.4 Å². The highest BCUT2D eigenvalue weighted by atomic mass is 35.5. The molecule has 2 aliphatic rings. The number of hydrogen-bond donors (Lipinski definition) is 0. The smallest absolute Gasteiger partial charge is 0.236 e. The number of rotatable bonds is 4. The van der Waals surface area contributed by atoms with Crippen molar-refractivity contribution in [1.82, 2.24) is 34.5 Å². The van der Waals surface area contributed by atoms with Crippen LogP contribution in [-0.4, -0.2) is 74.2 Å². The zero-order chi connectivity index (χ0) is 24.5. The number of nitrogens with zero attached hydrogens (tertiary/aromatic N) is 9. The number of anilines is 1. The number of carbonyl (C=O) groups is 1. The zero-order valence-electron chi connectivity index (χ0n) is 19.7. The minimum Gasteiger partial charge on any atom is -0.348 e. The first kappa shape index (κ1) is 23.2. The van der Waals surface area contributed by atoms with Crippen molar-refractivity contribution in [2.75, 3.05) is 38.6 Å². The molecule has 3 aromatic rings. The lowest BCUT2D eigenvalue weighted by molar-refractivity contribution is -0.130. The van der Waals surface area contributed by atoms with Gasteiger partial charge in [0, 0.05) is 50.9 Å². The van der Waals surface area contributed by atoms with Crippen molar-refractivity contribution in [1.29, 1.82) is 5.26 Å². The summed E-state index contributed by atoms with van der Waals surface area (Å²) in [6.07, 6.45) is 3.36. The second-order valence-electron chi connectivity index (χ2n) is 9.13. The van der Waals surface area contributed by atoms with Crippen LogP contribution in [0.25, 0.3) is 5.69 Å². The fourth-order valence-electron chi connectivity index (χ4n) is 4.70. The molecule has 180 valence electrons. The molecular weight excluding hydrogens is 466 g/mol. The molecule has 35 heavy (non-hydrogen) atoms. The minimum absolute atomic E-state index is 0.0387. The van der Waals surface area contributed by atoms with Crippen molar-refractivity contribution in [3.8, 4) is 11.8 Å². The van der Waals surface area contributed by atoms with Crippen LogP contribution >= 0.6 is 11.6 Å². The number of benzene rings is 1. The van der Waals surface area contributed by atoms with Gasteiger partial charge in [0.1, 0.15) is 17.6 Å². The van der Waals surface area contributed by atoms with Crippen LogP contribution < -0.4 is 4.90 Å². The Morgan fingerprint density at radius 2 is 2.00 bits per heavy atom. The van der Waals surface area contributed by atoms with Crippen LogP contribution in [0.15, 0.2) is 30.5 Å². The third-order valence-corrected chi connectivity index (χ3v) is 6.79. The summed E-state index contributed by atoms with van der Waals surface area (Å²) in [5.74, 6) is 2.58. The second kappa shape index (κ2) is 9.60. The summed E-state index contributed by atoms with van der Waals surface area (Å²) < 4.78 is 2.15. The molecule has 10 nitrogen and oxygen atoms in total. The van der Waals surface area contributed by atoms with Crippen LogP contribution in [0.1, 0.15) is 41.7 Å². The maximum absolute atomic E-state index is 12.4. The highest BCUT2D eigenvalue weighted by molar-refractivity contribution is 6.30. The van der Waals surface area contributed by atoms with Gasteiger partial charge in [-0.05, 0) is 42.7 Å². The number of amides is 1.